The van der Waals surface area contributed by atoms with Crippen LogP contribution in [0.5, 0.6) is 5.75 Å². The second kappa shape index (κ2) is 6.69. The molecule has 0 aliphatic carbocycles. The van der Waals surface area contributed by atoms with Gasteiger partial charge in [0.15, 0.2) is 5.75 Å². The monoisotopic (exact) mass is 444 g/mol. The van der Waals surface area contributed by atoms with Crippen molar-refractivity contribution >= 4 is 54.8 Å². The first-order valence-electron chi connectivity index (χ1n) is 6.58. The van der Waals surface area contributed by atoms with Crippen molar-refractivity contribution in [1.29, 1.82) is 0 Å². The number of phenols is 1. The molecule has 0 radical (unpaired) electrons. The molecule has 6 heteroatoms. The molecule has 2 rings (SSSR count). The van der Waals surface area contributed by atoms with Crippen LogP contribution in [0.25, 0.3) is 0 Å². The molecule has 0 atom stereocenters. The lowest BCUT2D eigenvalue weighted by Gasteiger charge is -2.20. The van der Waals surface area contributed by atoms with E-state index in [9.17, 15) is 5.11 Å². The zero-order chi connectivity index (χ0) is 16.5. The number of hydrogen-bond acceptors (Lipinski definition) is 3. The molecular formula is C16H15Br2ClN2O. The minimum absolute atomic E-state index is 0.0542. The summed E-state index contributed by atoms with van der Waals surface area (Å²) in [4.78, 5) is 0. The molecule has 22 heavy (non-hydrogen) atoms. The smallest absolute Gasteiger partial charge is 0.157 e. The van der Waals surface area contributed by atoms with Crippen molar-refractivity contribution in [2.45, 2.75) is 26.2 Å². The van der Waals surface area contributed by atoms with Gasteiger partial charge in [-0.25, -0.2) is 0 Å². The Kier molecular flexibility index (Phi) is 5.30. The maximum atomic E-state index is 10.1. The molecule has 0 aliphatic heterocycles. The van der Waals surface area contributed by atoms with Gasteiger partial charge in [0.25, 0.3) is 0 Å². The largest absolute Gasteiger partial charge is 0.505 e. The maximum Gasteiger partial charge on any atom is 0.157 e. The highest BCUT2D eigenvalue weighted by atomic mass is 79.9. The first kappa shape index (κ1) is 17.4. The van der Waals surface area contributed by atoms with E-state index >= 15 is 0 Å². The summed E-state index contributed by atoms with van der Waals surface area (Å²) in [7, 11) is 0. The minimum Gasteiger partial charge on any atom is -0.505 e. The number of phenolic OH excluding ortho intramolecular Hbond substituents is 1. The topological polar surface area (TPSA) is 45.0 Å². The summed E-state index contributed by atoms with van der Waals surface area (Å²) in [6.45, 7) is 6.30. The van der Waals surface area contributed by atoms with E-state index < -0.39 is 0 Å². The second-order valence-corrected chi connectivity index (χ2v) is 7.99. The van der Waals surface area contributed by atoms with Gasteiger partial charge in [-0.15, -0.1) is 5.11 Å². The lowest BCUT2D eigenvalue weighted by atomic mass is 9.87. The van der Waals surface area contributed by atoms with Crippen molar-refractivity contribution in [3.05, 3.63) is 49.9 Å². The van der Waals surface area contributed by atoms with Crippen LogP contribution in [0, 0.1) is 0 Å². The molecule has 0 heterocycles. The van der Waals surface area contributed by atoms with Crippen LogP contribution in [0.3, 0.4) is 0 Å². The molecule has 2 aromatic carbocycles. The normalized spacial score (nSPS) is 12.1. The molecule has 2 aromatic rings. The highest BCUT2D eigenvalue weighted by Crippen LogP contribution is 2.40. The quantitative estimate of drug-likeness (QED) is 0.484. The number of aromatic hydroxyl groups is 1. The average Bonchev–Trinajstić information content (AvgIpc) is 2.42. The third-order valence-electron chi connectivity index (χ3n) is 3.09. The van der Waals surface area contributed by atoms with Gasteiger partial charge in [-0.2, -0.15) is 5.11 Å². The Balaban J connectivity index is 2.42. The van der Waals surface area contributed by atoms with Crippen LogP contribution in [0.15, 0.2) is 49.5 Å². The first-order valence-corrected chi connectivity index (χ1v) is 8.54. The van der Waals surface area contributed by atoms with Crippen molar-refractivity contribution in [1.82, 2.24) is 0 Å². The van der Waals surface area contributed by atoms with Crippen LogP contribution >= 0.6 is 43.5 Å². The number of hydrogen-bond donors (Lipinski definition) is 1. The van der Waals surface area contributed by atoms with Gasteiger partial charge in [-0.05, 0) is 73.2 Å². The Morgan fingerprint density at radius 1 is 1.00 bits per heavy atom. The number of rotatable bonds is 2. The highest BCUT2D eigenvalue weighted by Gasteiger charge is 2.18. The Morgan fingerprint density at radius 2 is 1.68 bits per heavy atom. The summed E-state index contributed by atoms with van der Waals surface area (Å²) < 4.78 is 1.40. The van der Waals surface area contributed by atoms with Gasteiger partial charge >= 0.3 is 0 Å². The van der Waals surface area contributed by atoms with E-state index in [-0.39, 0.29) is 11.2 Å². The molecule has 0 aromatic heterocycles. The van der Waals surface area contributed by atoms with Crippen LogP contribution in [-0.4, -0.2) is 5.11 Å². The summed E-state index contributed by atoms with van der Waals surface area (Å²) in [6.07, 6.45) is 0. The van der Waals surface area contributed by atoms with E-state index in [1.165, 1.54) is 0 Å². The van der Waals surface area contributed by atoms with Crippen LogP contribution in [-0.2, 0) is 5.41 Å². The summed E-state index contributed by atoms with van der Waals surface area (Å²) in [5.41, 5.74) is 2.03. The first-order chi connectivity index (χ1) is 10.2. The fraction of sp³-hybridized carbons (Fsp3) is 0.250. The third-order valence-corrected chi connectivity index (χ3v) is 4.92. The molecule has 0 saturated carbocycles. The molecule has 0 fully saturated rings. The fourth-order valence-electron chi connectivity index (χ4n) is 1.75. The predicted molar refractivity (Wildman–Crippen MR) is 97.8 cm³/mol. The van der Waals surface area contributed by atoms with Gasteiger partial charge < -0.3 is 5.11 Å². The predicted octanol–water partition coefficient (Wildman–Crippen LogP) is 7.28. The Hall–Kier alpha value is -0.910. The molecule has 0 unspecified atom stereocenters. The summed E-state index contributed by atoms with van der Waals surface area (Å²) in [6, 6.07) is 9.03. The highest BCUT2D eigenvalue weighted by molar-refractivity contribution is 9.10. The van der Waals surface area contributed by atoms with E-state index in [1.807, 2.05) is 12.1 Å². The molecule has 1 N–H and O–H groups in total. The fourth-order valence-corrected chi connectivity index (χ4v) is 2.62. The van der Waals surface area contributed by atoms with Crippen molar-refractivity contribution in [2.75, 3.05) is 0 Å². The molecule has 116 valence electrons. The summed E-state index contributed by atoms with van der Waals surface area (Å²) in [5.74, 6) is 0.0694. The number of azo groups is 1. The number of benzene rings is 2. The summed E-state index contributed by atoms with van der Waals surface area (Å²) in [5, 5.41) is 19.0. The lowest BCUT2D eigenvalue weighted by Crippen LogP contribution is -2.10. The van der Waals surface area contributed by atoms with Crippen molar-refractivity contribution in [3.63, 3.8) is 0 Å². The SMILES string of the molecule is CC(C)(C)c1cc(Br)c(O)c(N=Nc2ccc(Br)c(Cl)c2)c1. The van der Waals surface area contributed by atoms with E-state index in [4.69, 9.17) is 11.6 Å². The number of nitrogens with zero attached hydrogens (tertiary/aromatic N) is 2. The Bertz CT molecular complexity index is 740. The van der Waals surface area contributed by atoms with E-state index in [2.05, 4.69) is 62.9 Å². The molecular weight excluding hydrogens is 431 g/mol. The van der Waals surface area contributed by atoms with Crippen LogP contribution in [0.2, 0.25) is 5.02 Å². The van der Waals surface area contributed by atoms with Crippen molar-refractivity contribution in [2.24, 2.45) is 10.2 Å². The Labute approximate surface area is 151 Å². The third kappa shape index (κ3) is 4.09. The van der Waals surface area contributed by atoms with Gasteiger partial charge in [-0.3, -0.25) is 0 Å². The molecule has 0 saturated heterocycles. The maximum absolute atomic E-state index is 10.1. The minimum atomic E-state index is -0.0542. The summed E-state index contributed by atoms with van der Waals surface area (Å²) >= 11 is 12.7. The zero-order valence-corrected chi connectivity index (χ0v) is 16.3. The average molecular weight is 447 g/mol. The molecule has 0 spiro atoms. The number of halogens is 3. The van der Waals surface area contributed by atoms with Gasteiger partial charge in [-0.1, -0.05) is 32.4 Å². The zero-order valence-electron chi connectivity index (χ0n) is 12.4. The van der Waals surface area contributed by atoms with Gasteiger partial charge in [0.05, 0.1) is 15.2 Å². The lowest BCUT2D eigenvalue weighted by molar-refractivity contribution is 0.471. The van der Waals surface area contributed by atoms with Crippen molar-refractivity contribution < 1.29 is 5.11 Å². The van der Waals surface area contributed by atoms with E-state index in [1.54, 1.807) is 18.2 Å². The standard InChI is InChI=1S/C16H15Br2ClN2O/c1-16(2,3)9-6-12(18)15(22)14(7-9)21-20-10-4-5-11(17)13(19)8-10/h4-8,22H,1-3H3. The second-order valence-electron chi connectivity index (χ2n) is 5.87. The van der Waals surface area contributed by atoms with E-state index in [0.717, 1.165) is 10.0 Å². The van der Waals surface area contributed by atoms with Crippen LogP contribution < -0.4 is 0 Å². The molecule has 0 bridgehead atoms. The molecule has 3 nitrogen and oxygen atoms in total. The van der Waals surface area contributed by atoms with Crippen molar-refractivity contribution in [3.8, 4) is 5.75 Å². The van der Waals surface area contributed by atoms with Crippen LogP contribution in [0.4, 0.5) is 11.4 Å². The van der Waals surface area contributed by atoms with E-state index in [0.29, 0.717) is 20.9 Å². The molecule has 0 aliphatic rings. The van der Waals surface area contributed by atoms with Crippen LogP contribution in [0.1, 0.15) is 26.3 Å². The Morgan fingerprint density at radius 3 is 2.27 bits per heavy atom. The van der Waals surface area contributed by atoms with Gasteiger partial charge in [0.2, 0.25) is 0 Å². The van der Waals surface area contributed by atoms with Gasteiger partial charge in [0.1, 0.15) is 5.69 Å². The van der Waals surface area contributed by atoms with Gasteiger partial charge in [0, 0.05) is 4.47 Å². The molecule has 0 amide bonds.